The first-order chi connectivity index (χ1) is 8.71. The predicted octanol–water partition coefficient (Wildman–Crippen LogP) is 1.11. The van der Waals surface area contributed by atoms with Crippen LogP contribution in [0.4, 0.5) is 0 Å². The molecule has 4 nitrogen and oxygen atoms in total. The van der Waals surface area contributed by atoms with Crippen molar-refractivity contribution < 1.29 is 15.0 Å². The van der Waals surface area contributed by atoms with Gasteiger partial charge in [0.2, 0.25) is 0 Å². The summed E-state index contributed by atoms with van der Waals surface area (Å²) < 4.78 is 0. The lowest BCUT2D eigenvalue weighted by molar-refractivity contribution is 0.0879. The monoisotopic (exact) mass is 251 g/mol. The lowest BCUT2D eigenvalue weighted by atomic mass is 10.1. The summed E-state index contributed by atoms with van der Waals surface area (Å²) >= 11 is 0. The van der Waals surface area contributed by atoms with Crippen molar-refractivity contribution in [2.75, 3.05) is 13.2 Å². The quantitative estimate of drug-likeness (QED) is 0.680. The Hall–Kier alpha value is -1.39. The molecule has 0 aromatic heterocycles. The van der Waals surface area contributed by atoms with Crippen LogP contribution in [0.5, 0.6) is 0 Å². The van der Waals surface area contributed by atoms with Gasteiger partial charge in [-0.05, 0) is 30.5 Å². The molecule has 0 atom stereocenters. The third kappa shape index (κ3) is 4.47. The molecule has 0 aliphatic rings. The molecular weight excluding hydrogens is 230 g/mol. The van der Waals surface area contributed by atoms with Crippen molar-refractivity contribution in [3.63, 3.8) is 0 Å². The molecule has 1 rings (SSSR count). The number of aliphatic hydroxyl groups excluding tert-OH is 2. The summed E-state index contributed by atoms with van der Waals surface area (Å²) in [6, 6.07) is 6.82. The van der Waals surface area contributed by atoms with E-state index >= 15 is 0 Å². The summed E-state index contributed by atoms with van der Waals surface area (Å²) in [5.41, 5.74) is 1.76. The first-order valence-corrected chi connectivity index (χ1v) is 6.32. The minimum absolute atomic E-state index is 0.267. The Morgan fingerprint density at radius 1 is 1.22 bits per heavy atom. The summed E-state index contributed by atoms with van der Waals surface area (Å²) in [5.74, 6) is -0.273. The van der Waals surface area contributed by atoms with Crippen LogP contribution in [0, 0.1) is 0 Å². The van der Waals surface area contributed by atoms with Gasteiger partial charge >= 0.3 is 0 Å². The molecule has 1 aromatic carbocycles. The molecule has 3 N–H and O–H groups in total. The van der Waals surface area contributed by atoms with Gasteiger partial charge in [0, 0.05) is 5.56 Å². The minimum Gasteiger partial charge on any atom is -0.394 e. The van der Waals surface area contributed by atoms with E-state index in [0.717, 1.165) is 19.3 Å². The lowest BCUT2D eigenvalue weighted by Crippen LogP contribution is -2.40. The summed E-state index contributed by atoms with van der Waals surface area (Å²) in [7, 11) is 0. The Morgan fingerprint density at radius 3 is 2.33 bits per heavy atom. The van der Waals surface area contributed by atoms with E-state index in [4.69, 9.17) is 10.2 Å². The van der Waals surface area contributed by atoms with E-state index < -0.39 is 6.04 Å². The van der Waals surface area contributed by atoms with Gasteiger partial charge in [0.25, 0.3) is 5.91 Å². The average Bonchev–Trinajstić information content (AvgIpc) is 2.42. The Kier molecular flexibility index (Phi) is 6.39. The van der Waals surface area contributed by atoms with Crippen molar-refractivity contribution in [1.82, 2.24) is 5.32 Å². The van der Waals surface area contributed by atoms with E-state index in [2.05, 4.69) is 12.2 Å². The molecule has 0 bridgehead atoms. The molecule has 0 unspecified atom stereocenters. The van der Waals surface area contributed by atoms with Crippen LogP contribution in [0.15, 0.2) is 24.3 Å². The van der Waals surface area contributed by atoms with Gasteiger partial charge in [0.05, 0.1) is 19.3 Å². The Morgan fingerprint density at radius 2 is 1.83 bits per heavy atom. The van der Waals surface area contributed by atoms with Crippen LogP contribution in [0.1, 0.15) is 35.7 Å². The molecule has 100 valence electrons. The summed E-state index contributed by atoms with van der Waals surface area (Å²) in [5, 5.41) is 20.3. The number of amides is 1. The van der Waals surface area contributed by atoms with Gasteiger partial charge < -0.3 is 15.5 Å². The topological polar surface area (TPSA) is 69.6 Å². The largest absolute Gasteiger partial charge is 0.394 e. The molecule has 1 amide bonds. The third-order valence-electron chi connectivity index (χ3n) is 2.81. The van der Waals surface area contributed by atoms with Crippen LogP contribution in [-0.4, -0.2) is 35.4 Å². The number of carbonyl (C=O) groups excluding carboxylic acids is 1. The fourth-order valence-corrected chi connectivity index (χ4v) is 1.62. The second-order valence-corrected chi connectivity index (χ2v) is 4.34. The second kappa shape index (κ2) is 7.84. The van der Waals surface area contributed by atoms with Crippen LogP contribution in [-0.2, 0) is 6.42 Å². The zero-order valence-electron chi connectivity index (χ0n) is 10.7. The molecule has 0 saturated carbocycles. The van der Waals surface area contributed by atoms with E-state index in [1.54, 1.807) is 12.1 Å². The number of hydrogen-bond donors (Lipinski definition) is 3. The highest BCUT2D eigenvalue weighted by Crippen LogP contribution is 2.08. The lowest BCUT2D eigenvalue weighted by Gasteiger charge is -2.13. The van der Waals surface area contributed by atoms with Gasteiger partial charge in [-0.1, -0.05) is 25.5 Å². The van der Waals surface area contributed by atoms with E-state index in [1.165, 1.54) is 5.56 Å². The van der Waals surface area contributed by atoms with Crippen molar-refractivity contribution >= 4 is 5.91 Å². The maximum atomic E-state index is 11.8. The molecule has 0 spiro atoms. The number of aliphatic hydroxyl groups is 2. The van der Waals surface area contributed by atoms with E-state index in [9.17, 15) is 4.79 Å². The highest BCUT2D eigenvalue weighted by atomic mass is 16.3. The van der Waals surface area contributed by atoms with Gasteiger partial charge in [0.1, 0.15) is 0 Å². The predicted molar refractivity (Wildman–Crippen MR) is 70.5 cm³/mol. The first kappa shape index (κ1) is 14.7. The Bertz CT molecular complexity index is 358. The standard InChI is InChI=1S/C14H21NO3/c1-2-3-4-11-5-7-12(8-6-11)14(18)15-13(9-16)10-17/h5-8,13,16-17H,2-4,9-10H2,1H3,(H,15,18). The van der Waals surface area contributed by atoms with Crippen LogP contribution >= 0.6 is 0 Å². The van der Waals surface area contributed by atoms with Crippen LogP contribution in [0.3, 0.4) is 0 Å². The van der Waals surface area contributed by atoms with Crippen molar-refractivity contribution in [3.05, 3.63) is 35.4 Å². The van der Waals surface area contributed by atoms with E-state index in [1.807, 2.05) is 12.1 Å². The van der Waals surface area contributed by atoms with E-state index in [-0.39, 0.29) is 19.1 Å². The number of rotatable bonds is 7. The van der Waals surface area contributed by atoms with Crippen molar-refractivity contribution in [2.45, 2.75) is 32.2 Å². The molecule has 0 heterocycles. The van der Waals surface area contributed by atoms with Gasteiger partial charge in [-0.15, -0.1) is 0 Å². The number of hydrogen-bond acceptors (Lipinski definition) is 3. The molecule has 0 aliphatic heterocycles. The van der Waals surface area contributed by atoms with Crippen molar-refractivity contribution in [3.8, 4) is 0 Å². The van der Waals surface area contributed by atoms with E-state index in [0.29, 0.717) is 5.56 Å². The molecule has 18 heavy (non-hydrogen) atoms. The zero-order chi connectivity index (χ0) is 13.4. The minimum atomic E-state index is -0.600. The average molecular weight is 251 g/mol. The Labute approximate surface area is 108 Å². The fourth-order valence-electron chi connectivity index (χ4n) is 1.62. The summed E-state index contributed by atoms with van der Waals surface area (Å²) in [6.45, 7) is 1.61. The third-order valence-corrected chi connectivity index (χ3v) is 2.81. The molecule has 0 aliphatic carbocycles. The molecule has 0 radical (unpaired) electrons. The van der Waals surface area contributed by atoms with Crippen LogP contribution < -0.4 is 5.32 Å². The SMILES string of the molecule is CCCCc1ccc(C(=O)NC(CO)CO)cc1. The molecule has 0 saturated heterocycles. The maximum Gasteiger partial charge on any atom is 0.251 e. The number of unbranched alkanes of at least 4 members (excludes halogenated alkanes) is 1. The van der Waals surface area contributed by atoms with Crippen LogP contribution in [0.2, 0.25) is 0 Å². The second-order valence-electron chi connectivity index (χ2n) is 4.34. The van der Waals surface area contributed by atoms with Crippen LogP contribution in [0.25, 0.3) is 0 Å². The van der Waals surface area contributed by atoms with Gasteiger partial charge in [-0.3, -0.25) is 4.79 Å². The van der Waals surface area contributed by atoms with Gasteiger partial charge in [-0.2, -0.15) is 0 Å². The van der Waals surface area contributed by atoms with Crippen molar-refractivity contribution in [2.24, 2.45) is 0 Å². The molecule has 1 aromatic rings. The van der Waals surface area contributed by atoms with Gasteiger partial charge in [-0.25, -0.2) is 0 Å². The Balaban J connectivity index is 2.58. The molecule has 4 heteroatoms. The summed E-state index contributed by atoms with van der Waals surface area (Å²) in [4.78, 5) is 11.8. The highest BCUT2D eigenvalue weighted by Gasteiger charge is 2.11. The zero-order valence-corrected chi connectivity index (χ0v) is 10.7. The molecule has 0 fully saturated rings. The number of nitrogens with one attached hydrogen (secondary N) is 1. The first-order valence-electron chi connectivity index (χ1n) is 6.32. The summed E-state index contributed by atoms with van der Waals surface area (Å²) in [6.07, 6.45) is 3.31. The molecular formula is C14H21NO3. The number of carbonyl (C=O) groups is 1. The normalized spacial score (nSPS) is 10.7. The number of aryl methyl sites for hydroxylation is 1. The highest BCUT2D eigenvalue weighted by molar-refractivity contribution is 5.94. The van der Waals surface area contributed by atoms with Gasteiger partial charge in [0.15, 0.2) is 0 Å². The van der Waals surface area contributed by atoms with Crippen molar-refractivity contribution in [1.29, 1.82) is 0 Å². The smallest absolute Gasteiger partial charge is 0.251 e. The fraction of sp³-hybridized carbons (Fsp3) is 0.500. The number of benzene rings is 1. The maximum absolute atomic E-state index is 11.8.